The topological polar surface area (TPSA) is 82.3 Å². The van der Waals surface area contributed by atoms with Crippen LogP contribution in [0.4, 0.5) is 45.5 Å². The molecule has 4 saturated carbocycles. The van der Waals surface area contributed by atoms with Gasteiger partial charge in [-0.15, -0.1) is 0 Å². The van der Waals surface area contributed by atoms with Gasteiger partial charge in [0, 0.05) is 31.7 Å². The number of carbonyl (C=O) groups excluding carboxylic acids is 2. The second-order valence-corrected chi connectivity index (χ2v) is 22.8. The van der Waals surface area contributed by atoms with Crippen LogP contribution in [-0.2, 0) is 0 Å². The molecule has 0 bridgehead atoms. The highest BCUT2D eigenvalue weighted by Crippen LogP contribution is 2.49. The average Bonchev–Trinajstić information content (AvgIpc) is 3.41. The summed E-state index contributed by atoms with van der Waals surface area (Å²) in [7, 11) is 0. The molecule has 0 saturated heterocycles. The lowest BCUT2D eigenvalue weighted by atomic mass is 9.80. The second-order valence-electron chi connectivity index (χ2n) is 21.0. The molecular formula is C62H66Br2N4O2. The van der Waals surface area contributed by atoms with E-state index in [1.54, 1.807) is 0 Å². The summed E-state index contributed by atoms with van der Waals surface area (Å²) in [6.45, 7) is 0. The molecule has 5 aliphatic rings. The standard InChI is InChI=1S/C62H66Br2N4O2/c63-51-37-53(65-47-29-21-43(22-30-47)39-13-5-1-6-14-39)55-57(59(51)67-49-33-25-45(26-34-49)41-17-9-3-10-18-41)62(70)56-54(66-48-31-23-44(24-32-48)40-15-7-2-8-16-40)38-52(64)60(58(56)61(55)69)68-50-35-27-46(28-36-50)42-19-11-4-12-20-42/h21-42,65-68H,1-20H2. The minimum absolute atomic E-state index is 0.229. The quantitative estimate of drug-likeness (QED) is 0.0976. The lowest BCUT2D eigenvalue weighted by Gasteiger charge is -2.29. The highest BCUT2D eigenvalue weighted by molar-refractivity contribution is 9.11. The van der Waals surface area contributed by atoms with Gasteiger partial charge in [-0.2, -0.15) is 0 Å². The third kappa shape index (κ3) is 10.0. The van der Waals surface area contributed by atoms with Gasteiger partial charge in [-0.05, 0) is 190 Å². The Bertz CT molecular complexity index is 2640. The number of benzene rings is 6. The largest absolute Gasteiger partial charge is 0.355 e. The van der Waals surface area contributed by atoms with Gasteiger partial charge in [-0.1, -0.05) is 126 Å². The van der Waals surface area contributed by atoms with E-state index in [4.69, 9.17) is 0 Å². The van der Waals surface area contributed by atoms with Crippen LogP contribution in [0.1, 0.15) is 206 Å². The first-order valence-electron chi connectivity index (χ1n) is 26.6. The molecule has 0 heterocycles. The Labute approximate surface area is 431 Å². The van der Waals surface area contributed by atoms with Gasteiger partial charge in [-0.25, -0.2) is 0 Å². The van der Waals surface area contributed by atoms with Crippen molar-refractivity contribution in [3.8, 4) is 0 Å². The average molecular weight is 1060 g/mol. The monoisotopic (exact) mass is 1060 g/mol. The van der Waals surface area contributed by atoms with Crippen molar-refractivity contribution >= 4 is 88.9 Å². The van der Waals surface area contributed by atoms with Gasteiger partial charge in [0.1, 0.15) is 0 Å². The highest BCUT2D eigenvalue weighted by Gasteiger charge is 2.40. The Balaban J connectivity index is 1.01. The number of rotatable bonds is 12. The molecule has 0 unspecified atom stereocenters. The molecule has 0 spiro atoms. The van der Waals surface area contributed by atoms with Crippen LogP contribution in [0.15, 0.2) is 118 Å². The molecule has 0 aromatic heterocycles. The van der Waals surface area contributed by atoms with Crippen LogP contribution in [0.2, 0.25) is 0 Å². The zero-order valence-corrected chi connectivity index (χ0v) is 43.6. The molecular weight excluding hydrogens is 993 g/mol. The van der Waals surface area contributed by atoms with Crippen molar-refractivity contribution in [2.45, 2.75) is 152 Å². The number of ketones is 2. The summed E-state index contributed by atoms with van der Waals surface area (Å²) < 4.78 is 1.38. The van der Waals surface area contributed by atoms with Gasteiger partial charge in [0.15, 0.2) is 11.6 Å². The number of hydrogen-bond donors (Lipinski definition) is 4. The van der Waals surface area contributed by atoms with E-state index >= 15 is 9.59 Å². The zero-order chi connectivity index (χ0) is 47.6. The van der Waals surface area contributed by atoms with E-state index in [1.165, 1.54) is 151 Å². The van der Waals surface area contributed by atoms with Crippen molar-refractivity contribution in [2.24, 2.45) is 0 Å². The first-order chi connectivity index (χ1) is 34.3. The first kappa shape index (κ1) is 47.2. The summed E-state index contributed by atoms with van der Waals surface area (Å²) in [6, 6.07) is 38.7. The lowest BCUT2D eigenvalue weighted by Crippen LogP contribution is -2.26. The molecule has 8 heteroatoms. The Kier molecular flexibility index (Phi) is 14.3. The molecule has 0 amide bonds. The number of nitrogens with one attached hydrogen (secondary N) is 4. The summed E-state index contributed by atoms with van der Waals surface area (Å²) in [5.74, 6) is 1.85. The molecule has 11 rings (SSSR count). The summed E-state index contributed by atoms with van der Waals surface area (Å²) in [5.41, 5.74) is 12.5. The van der Waals surface area contributed by atoms with Crippen molar-refractivity contribution in [3.63, 3.8) is 0 Å². The van der Waals surface area contributed by atoms with E-state index in [2.05, 4.69) is 150 Å². The number of halogens is 2. The van der Waals surface area contributed by atoms with E-state index in [1.807, 2.05) is 12.1 Å². The molecule has 0 atom stereocenters. The molecule has 70 heavy (non-hydrogen) atoms. The SMILES string of the molecule is O=C1c2c(Nc3ccc(C4CCCCC4)cc3)cc(Br)c(Nc3ccc(C4CCCCC4)cc3)c2C(=O)c2c(Nc3ccc(C4CCCCC4)cc3)cc(Br)c(Nc3ccc(C4CCCCC4)cc3)c21. The summed E-state index contributed by atoms with van der Waals surface area (Å²) >= 11 is 7.88. The third-order valence-electron chi connectivity index (χ3n) is 16.5. The van der Waals surface area contributed by atoms with Gasteiger partial charge in [0.05, 0.1) is 45.0 Å². The number of anilines is 8. The van der Waals surface area contributed by atoms with E-state index in [0.29, 0.717) is 77.6 Å². The van der Waals surface area contributed by atoms with Crippen molar-refractivity contribution in [1.29, 1.82) is 0 Å². The minimum atomic E-state index is -0.229. The van der Waals surface area contributed by atoms with E-state index in [-0.39, 0.29) is 11.6 Å². The summed E-state index contributed by atoms with van der Waals surface area (Å²) in [6.07, 6.45) is 25.2. The molecule has 4 N–H and O–H groups in total. The normalized spacial score (nSPS) is 18.3. The maximum atomic E-state index is 16.0. The van der Waals surface area contributed by atoms with E-state index in [9.17, 15) is 0 Å². The smallest absolute Gasteiger partial charge is 0.198 e. The van der Waals surface area contributed by atoms with Crippen molar-refractivity contribution in [2.75, 3.05) is 21.3 Å². The Morgan fingerprint density at radius 1 is 0.314 bits per heavy atom. The lowest BCUT2D eigenvalue weighted by molar-refractivity contribution is 0.0981. The fourth-order valence-electron chi connectivity index (χ4n) is 12.6. The number of fused-ring (bicyclic) bond motifs is 2. The fourth-order valence-corrected chi connectivity index (χ4v) is 13.7. The maximum Gasteiger partial charge on any atom is 0.198 e. The van der Waals surface area contributed by atoms with Crippen LogP contribution in [0, 0.1) is 0 Å². The highest BCUT2D eigenvalue weighted by atomic mass is 79.9. The Morgan fingerprint density at radius 2 is 0.557 bits per heavy atom. The van der Waals surface area contributed by atoms with Crippen LogP contribution in [-0.4, -0.2) is 11.6 Å². The van der Waals surface area contributed by atoms with Crippen molar-refractivity contribution in [3.05, 3.63) is 163 Å². The molecule has 6 aromatic carbocycles. The molecule has 6 nitrogen and oxygen atoms in total. The van der Waals surface area contributed by atoms with Gasteiger partial charge < -0.3 is 21.3 Å². The summed E-state index contributed by atoms with van der Waals surface area (Å²) in [4.78, 5) is 32.0. The van der Waals surface area contributed by atoms with Gasteiger partial charge >= 0.3 is 0 Å². The van der Waals surface area contributed by atoms with Gasteiger partial charge in [0.25, 0.3) is 0 Å². The molecule has 0 aliphatic heterocycles. The predicted molar refractivity (Wildman–Crippen MR) is 297 cm³/mol. The van der Waals surface area contributed by atoms with Gasteiger partial charge in [0.2, 0.25) is 0 Å². The van der Waals surface area contributed by atoms with E-state index < -0.39 is 0 Å². The molecule has 6 aromatic rings. The Morgan fingerprint density at radius 3 is 0.814 bits per heavy atom. The van der Waals surface area contributed by atoms with Crippen molar-refractivity contribution in [1.82, 2.24) is 0 Å². The molecule has 4 fully saturated rings. The maximum absolute atomic E-state index is 16.0. The van der Waals surface area contributed by atoms with Crippen LogP contribution < -0.4 is 21.3 Å². The first-order valence-corrected chi connectivity index (χ1v) is 28.2. The van der Waals surface area contributed by atoms with Crippen LogP contribution in [0.25, 0.3) is 0 Å². The van der Waals surface area contributed by atoms with Crippen LogP contribution >= 0.6 is 31.9 Å². The zero-order valence-electron chi connectivity index (χ0n) is 40.4. The van der Waals surface area contributed by atoms with Crippen LogP contribution in [0.5, 0.6) is 0 Å². The molecule has 0 radical (unpaired) electrons. The fraction of sp³-hybridized carbons (Fsp3) is 0.387. The second kappa shape index (κ2) is 21.3. The molecule has 360 valence electrons. The summed E-state index contributed by atoms with van der Waals surface area (Å²) in [5, 5.41) is 14.6. The van der Waals surface area contributed by atoms with Crippen LogP contribution in [0.3, 0.4) is 0 Å². The van der Waals surface area contributed by atoms with Gasteiger partial charge in [-0.3, -0.25) is 9.59 Å². The number of carbonyl (C=O) groups is 2. The molecule has 5 aliphatic carbocycles. The predicted octanol–water partition coefficient (Wildman–Crippen LogP) is 19.2. The number of hydrogen-bond acceptors (Lipinski definition) is 6. The third-order valence-corrected chi connectivity index (χ3v) is 17.8. The van der Waals surface area contributed by atoms with Crippen molar-refractivity contribution < 1.29 is 9.59 Å². The Hall–Kier alpha value is -5.18. The minimum Gasteiger partial charge on any atom is -0.355 e. The van der Waals surface area contributed by atoms with E-state index in [0.717, 1.165) is 22.7 Å².